The van der Waals surface area contributed by atoms with Gasteiger partial charge in [-0.2, -0.15) is 0 Å². The van der Waals surface area contributed by atoms with Crippen molar-refractivity contribution in [2.75, 3.05) is 24.3 Å². The first-order valence-corrected chi connectivity index (χ1v) is 15.3. The molecule has 2 aliphatic heterocycles. The van der Waals surface area contributed by atoms with Gasteiger partial charge >= 0.3 is 6.09 Å². The molecule has 3 heterocycles. The third-order valence-corrected chi connectivity index (χ3v) is 10.0. The van der Waals surface area contributed by atoms with E-state index in [2.05, 4.69) is 15.6 Å². The van der Waals surface area contributed by atoms with Gasteiger partial charge in [0.15, 0.2) is 16.0 Å². The van der Waals surface area contributed by atoms with Gasteiger partial charge in [-0.3, -0.25) is 14.9 Å². The van der Waals surface area contributed by atoms with Crippen molar-refractivity contribution in [3.05, 3.63) is 100.0 Å². The second kappa shape index (κ2) is 11.2. The summed E-state index contributed by atoms with van der Waals surface area (Å²) in [5.41, 5.74) is 1.57. The minimum absolute atomic E-state index is 0.0785. The molecule has 1 aromatic heterocycles. The zero-order valence-electron chi connectivity index (χ0n) is 23.2. The van der Waals surface area contributed by atoms with E-state index in [4.69, 9.17) is 4.74 Å². The normalized spacial score (nSPS) is 19.6. The number of fused-ring (bicyclic) bond motifs is 10. The van der Waals surface area contributed by atoms with Crippen LogP contribution in [0.1, 0.15) is 41.7 Å². The Balaban J connectivity index is 1.41. The summed E-state index contributed by atoms with van der Waals surface area (Å²) in [7, 11) is -2.09. The lowest BCUT2D eigenvalue weighted by molar-refractivity contribution is -0.131. The molecule has 3 N–H and O–H groups in total. The Morgan fingerprint density at radius 3 is 2.44 bits per heavy atom. The highest BCUT2D eigenvalue weighted by Gasteiger charge is 2.38. The SMILES string of the molecule is CN1Cc2cc(ccc2S(=O)(=O)C2CC2)NC(=O)OC[C@H](F)c2ccc(cc2)C(Nc2ccc3cc[nH]c(=O)c3c2)C1=O. The fourth-order valence-electron chi connectivity index (χ4n) is 5.19. The highest BCUT2D eigenvalue weighted by Crippen LogP contribution is 2.36. The number of carbonyl (C=O) groups is 2. The number of ether oxygens (including phenoxy) is 1. The first kappa shape index (κ1) is 28.4. The molecule has 4 bridgehead atoms. The number of aromatic amines is 1. The van der Waals surface area contributed by atoms with Gasteiger partial charge in [0.05, 0.1) is 10.1 Å². The third kappa shape index (κ3) is 5.82. The number of benzene rings is 3. The Labute approximate surface area is 246 Å². The molecular weight excluding hydrogens is 575 g/mol. The number of aromatic nitrogens is 1. The number of hydrogen-bond donors (Lipinski definition) is 3. The van der Waals surface area contributed by atoms with Crippen LogP contribution in [0.4, 0.5) is 20.6 Å². The van der Waals surface area contributed by atoms with Gasteiger partial charge in [0.1, 0.15) is 12.6 Å². The van der Waals surface area contributed by atoms with E-state index in [1.54, 1.807) is 49.6 Å². The number of likely N-dealkylation sites (N-methyl/N-ethyl adjacent to an activating group) is 1. The molecule has 0 spiro atoms. The molecule has 1 saturated carbocycles. The number of nitrogens with zero attached hydrogens (tertiary/aromatic N) is 1. The fourth-order valence-corrected chi connectivity index (χ4v) is 7.06. The van der Waals surface area contributed by atoms with Gasteiger partial charge in [-0.15, -0.1) is 0 Å². The molecule has 3 aromatic carbocycles. The minimum atomic E-state index is -3.65. The monoisotopic (exact) mass is 604 g/mol. The van der Waals surface area contributed by atoms with Crippen molar-refractivity contribution in [1.29, 1.82) is 0 Å². The smallest absolute Gasteiger partial charge is 0.411 e. The zero-order chi connectivity index (χ0) is 30.3. The standard InChI is InChI=1S/C31H29FN4O6S/c1-36-16-21-14-22(8-11-27(21)43(40,41)24-9-10-24)35-31(39)42-17-26(32)19-2-4-20(5-3-19)28(30(36)38)34-23-7-6-18-12-13-33-29(37)25(18)15-23/h2-8,11-15,24,26,28,34H,9-10,16-17H2,1H3,(H,33,37)(H,35,39)/t26-,28?/m0/s1. The third-order valence-electron chi connectivity index (χ3n) is 7.69. The van der Waals surface area contributed by atoms with E-state index in [0.717, 1.165) is 5.39 Å². The van der Waals surface area contributed by atoms with E-state index >= 15 is 0 Å². The lowest BCUT2D eigenvalue weighted by Gasteiger charge is -2.27. The lowest BCUT2D eigenvalue weighted by atomic mass is 10.0. The van der Waals surface area contributed by atoms with Crippen molar-refractivity contribution in [2.24, 2.45) is 0 Å². The average molecular weight is 605 g/mol. The summed E-state index contributed by atoms with van der Waals surface area (Å²) >= 11 is 0. The number of alkyl halides is 1. The molecule has 4 aromatic rings. The summed E-state index contributed by atoms with van der Waals surface area (Å²) in [5.74, 6) is -0.397. The van der Waals surface area contributed by atoms with E-state index in [0.29, 0.717) is 35.0 Å². The maximum Gasteiger partial charge on any atom is 0.411 e. The van der Waals surface area contributed by atoms with Crippen molar-refractivity contribution >= 4 is 44.0 Å². The summed E-state index contributed by atoms with van der Waals surface area (Å²) in [6, 6.07) is 16.6. The van der Waals surface area contributed by atoms with Gasteiger partial charge in [0.25, 0.3) is 5.56 Å². The van der Waals surface area contributed by atoms with Crippen molar-refractivity contribution < 1.29 is 27.1 Å². The number of nitrogens with one attached hydrogen (secondary N) is 3. The number of anilines is 2. The second-order valence-electron chi connectivity index (χ2n) is 10.8. The number of pyridine rings is 1. The number of H-pyrrole nitrogens is 1. The predicted molar refractivity (Wildman–Crippen MR) is 159 cm³/mol. The average Bonchev–Trinajstić information content (AvgIpc) is 3.85. The van der Waals surface area contributed by atoms with Crippen LogP contribution >= 0.6 is 0 Å². The van der Waals surface area contributed by atoms with Gasteiger partial charge in [0.2, 0.25) is 5.91 Å². The number of carbonyl (C=O) groups excluding carboxylic acids is 2. The van der Waals surface area contributed by atoms with E-state index in [-0.39, 0.29) is 28.3 Å². The molecule has 1 aliphatic carbocycles. The lowest BCUT2D eigenvalue weighted by Crippen LogP contribution is -2.35. The number of rotatable bonds is 4. The molecule has 222 valence electrons. The molecule has 12 heteroatoms. The topological polar surface area (TPSA) is 138 Å². The van der Waals surface area contributed by atoms with Gasteiger partial charge in [-0.1, -0.05) is 30.3 Å². The van der Waals surface area contributed by atoms with Crippen molar-refractivity contribution in [2.45, 2.75) is 41.7 Å². The first-order valence-electron chi connectivity index (χ1n) is 13.8. The van der Waals surface area contributed by atoms with Crippen LogP contribution in [0.25, 0.3) is 10.8 Å². The van der Waals surface area contributed by atoms with Crippen LogP contribution in [0.3, 0.4) is 0 Å². The van der Waals surface area contributed by atoms with E-state index in [9.17, 15) is 27.2 Å². The van der Waals surface area contributed by atoms with E-state index in [1.165, 1.54) is 35.2 Å². The van der Waals surface area contributed by atoms with Crippen LogP contribution in [0, 0.1) is 0 Å². The van der Waals surface area contributed by atoms with Crippen LogP contribution < -0.4 is 16.2 Å². The summed E-state index contributed by atoms with van der Waals surface area (Å²) in [6.07, 6.45) is 0.165. The Kier molecular flexibility index (Phi) is 7.38. The number of sulfone groups is 1. The molecule has 43 heavy (non-hydrogen) atoms. The Morgan fingerprint density at radius 1 is 0.953 bits per heavy atom. The second-order valence-corrected chi connectivity index (χ2v) is 13.0. The number of halogens is 1. The minimum Gasteiger partial charge on any atom is -0.446 e. The summed E-state index contributed by atoms with van der Waals surface area (Å²) in [5, 5.41) is 6.42. The maximum atomic E-state index is 15.0. The Morgan fingerprint density at radius 2 is 1.70 bits per heavy atom. The largest absolute Gasteiger partial charge is 0.446 e. The summed E-state index contributed by atoms with van der Waals surface area (Å²) in [4.78, 5) is 43.0. The molecule has 1 unspecified atom stereocenters. The van der Waals surface area contributed by atoms with Crippen LogP contribution in [0.2, 0.25) is 0 Å². The molecule has 10 nitrogen and oxygen atoms in total. The van der Waals surface area contributed by atoms with Gasteiger partial charge in [-0.05, 0) is 71.3 Å². The van der Waals surface area contributed by atoms with Gasteiger partial charge < -0.3 is 19.9 Å². The molecule has 1 fully saturated rings. The van der Waals surface area contributed by atoms with Crippen molar-refractivity contribution in [3.63, 3.8) is 0 Å². The van der Waals surface area contributed by atoms with Crippen LogP contribution in [-0.4, -0.2) is 49.2 Å². The summed E-state index contributed by atoms with van der Waals surface area (Å²) in [6.45, 7) is -0.619. The quantitative estimate of drug-likeness (QED) is 0.303. The molecule has 2 amide bonds. The van der Waals surface area contributed by atoms with Gasteiger partial charge in [-0.25, -0.2) is 17.6 Å². The molecule has 2 atom stereocenters. The maximum absolute atomic E-state index is 15.0. The van der Waals surface area contributed by atoms with Crippen LogP contribution in [0.5, 0.6) is 0 Å². The summed E-state index contributed by atoms with van der Waals surface area (Å²) < 4.78 is 46.6. The molecule has 3 aliphatic rings. The zero-order valence-corrected chi connectivity index (χ0v) is 24.0. The predicted octanol–water partition coefficient (Wildman–Crippen LogP) is 4.85. The Bertz CT molecular complexity index is 1890. The Hall–Kier alpha value is -4.71. The fraction of sp³-hybridized carbons (Fsp3) is 0.258. The van der Waals surface area contributed by atoms with Gasteiger partial charge in [0, 0.05) is 36.6 Å². The molecular formula is C31H29FN4O6S. The van der Waals surface area contributed by atoms with E-state index < -0.39 is 45.9 Å². The van der Waals surface area contributed by atoms with Crippen molar-refractivity contribution in [1.82, 2.24) is 9.88 Å². The first-order chi connectivity index (χ1) is 20.6. The van der Waals surface area contributed by atoms with Crippen molar-refractivity contribution in [3.8, 4) is 0 Å². The molecule has 7 rings (SSSR count). The van der Waals surface area contributed by atoms with Crippen LogP contribution in [0.15, 0.2) is 82.6 Å². The number of amides is 2. The molecule has 0 saturated heterocycles. The highest BCUT2D eigenvalue weighted by atomic mass is 32.2. The molecule has 0 radical (unpaired) electrons. The number of hydrogen-bond acceptors (Lipinski definition) is 7. The van der Waals surface area contributed by atoms with Crippen LogP contribution in [-0.2, 0) is 25.9 Å². The van der Waals surface area contributed by atoms with E-state index in [1.807, 2.05) is 0 Å². The highest BCUT2D eigenvalue weighted by molar-refractivity contribution is 7.92.